The fourth-order valence-electron chi connectivity index (χ4n) is 0.973. The Morgan fingerprint density at radius 1 is 1.50 bits per heavy atom. The predicted octanol–water partition coefficient (Wildman–Crippen LogP) is 2.36. The van der Waals surface area contributed by atoms with Crippen LogP contribution in [0.15, 0.2) is 35.7 Å². The number of nitrogens with one attached hydrogen (secondary N) is 1. The number of benzene rings is 1. The van der Waals surface area contributed by atoms with Gasteiger partial charge in [0.15, 0.2) is 0 Å². The van der Waals surface area contributed by atoms with Crippen LogP contribution in [0.25, 0.3) is 0 Å². The van der Waals surface area contributed by atoms with Gasteiger partial charge in [-0.05, 0) is 12.1 Å². The molecule has 1 aromatic carbocycles. The average molecular weight is 243 g/mol. The molecule has 5 heteroatoms. The maximum Gasteiger partial charge on any atom is 0.230 e. The summed E-state index contributed by atoms with van der Waals surface area (Å²) in [4.78, 5) is 11.4. The molecule has 0 atom stereocenters. The number of thioether (sulfide) groups is 1. The Balaban J connectivity index is 2.48. The molecular formula is C11H11F2NOS. The fraction of sp³-hybridized carbons (Fsp3) is 0.182. The Morgan fingerprint density at radius 2 is 2.25 bits per heavy atom. The van der Waals surface area contributed by atoms with Crippen LogP contribution in [0.5, 0.6) is 0 Å². The molecule has 1 rings (SSSR count). The molecule has 0 aliphatic rings. The van der Waals surface area contributed by atoms with Crippen LogP contribution in [0.3, 0.4) is 0 Å². The van der Waals surface area contributed by atoms with Crippen LogP contribution < -0.4 is 5.32 Å². The van der Waals surface area contributed by atoms with E-state index in [0.717, 1.165) is 23.9 Å². The van der Waals surface area contributed by atoms with Gasteiger partial charge in [0.1, 0.15) is 11.6 Å². The Labute approximate surface area is 96.7 Å². The second-order valence-corrected chi connectivity index (χ2v) is 3.97. The summed E-state index contributed by atoms with van der Waals surface area (Å²) in [6, 6.07) is 3.27. The molecule has 0 aliphatic heterocycles. The van der Waals surface area contributed by atoms with Gasteiger partial charge in [-0.2, -0.15) is 0 Å². The van der Waals surface area contributed by atoms with Crippen molar-refractivity contribution in [3.05, 3.63) is 42.5 Å². The van der Waals surface area contributed by atoms with E-state index < -0.39 is 11.6 Å². The van der Waals surface area contributed by atoms with Crippen molar-refractivity contribution in [2.45, 2.75) is 4.90 Å². The molecule has 0 spiro atoms. The molecule has 1 amide bonds. The molecular weight excluding hydrogens is 232 g/mol. The third-order valence-electron chi connectivity index (χ3n) is 1.70. The molecule has 0 heterocycles. The van der Waals surface area contributed by atoms with Gasteiger partial charge < -0.3 is 5.32 Å². The Hall–Kier alpha value is -1.36. The molecule has 0 aliphatic carbocycles. The number of carbonyl (C=O) groups excluding carboxylic acids is 1. The number of halogens is 2. The van der Waals surface area contributed by atoms with Gasteiger partial charge in [-0.25, -0.2) is 8.78 Å². The van der Waals surface area contributed by atoms with Crippen LogP contribution in [0.2, 0.25) is 0 Å². The molecule has 86 valence electrons. The number of rotatable bonds is 5. The summed E-state index contributed by atoms with van der Waals surface area (Å²) in [5, 5.41) is 2.56. The molecule has 0 saturated carbocycles. The highest BCUT2D eigenvalue weighted by atomic mass is 32.2. The molecule has 2 nitrogen and oxygen atoms in total. The van der Waals surface area contributed by atoms with E-state index in [4.69, 9.17) is 0 Å². The summed E-state index contributed by atoms with van der Waals surface area (Å²) in [6.45, 7) is 3.83. The van der Waals surface area contributed by atoms with E-state index in [-0.39, 0.29) is 16.6 Å². The lowest BCUT2D eigenvalue weighted by atomic mass is 10.3. The topological polar surface area (TPSA) is 29.1 Å². The Morgan fingerprint density at radius 3 is 2.88 bits per heavy atom. The fourth-order valence-corrected chi connectivity index (χ4v) is 1.72. The third-order valence-corrected chi connectivity index (χ3v) is 2.74. The van der Waals surface area contributed by atoms with Gasteiger partial charge >= 0.3 is 0 Å². The summed E-state index contributed by atoms with van der Waals surface area (Å²) in [5.41, 5.74) is 0. The van der Waals surface area contributed by atoms with Crippen molar-refractivity contribution in [3.63, 3.8) is 0 Å². The van der Waals surface area contributed by atoms with Crippen LogP contribution in [-0.4, -0.2) is 18.2 Å². The lowest BCUT2D eigenvalue weighted by Crippen LogP contribution is -2.24. The first kappa shape index (κ1) is 12.7. The molecule has 1 N–H and O–H groups in total. The highest BCUT2D eigenvalue weighted by Gasteiger charge is 2.06. The SMILES string of the molecule is C=CCNC(=O)CSc1ccc(F)cc1F. The molecule has 0 aromatic heterocycles. The minimum Gasteiger partial charge on any atom is -0.352 e. The monoisotopic (exact) mass is 243 g/mol. The predicted molar refractivity (Wildman–Crippen MR) is 60.3 cm³/mol. The molecule has 0 bridgehead atoms. The van der Waals surface area contributed by atoms with Crippen molar-refractivity contribution in [2.75, 3.05) is 12.3 Å². The molecule has 1 aromatic rings. The van der Waals surface area contributed by atoms with Crippen LogP contribution >= 0.6 is 11.8 Å². The smallest absolute Gasteiger partial charge is 0.230 e. The summed E-state index contributed by atoms with van der Waals surface area (Å²) >= 11 is 1.03. The quantitative estimate of drug-likeness (QED) is 0.635. The van der Waals surface area contributed by atoms with Crippen LogP contribution in [0, 0.1) is 11.6 Å². The van der Waals surface area contributed by atoms with Crippen LogP contribution in [0.4, 0.5) is 8.78 Å². The maximum atomic E-state index is 13.1. The van der Waals surface area contributed by atoms with Crippen molar-refractivity contribution in [2.24, 2.45) is 0 Å². The van der Waals surface area contributed by atoms with E-state index in [1.807, 2.05) is 0 Å². The van der Waals surface area contributed by atoms with Crippen molar-refractivity contribution in [1.82, 2.24) is 5.32 Å². The van der Waals surface area contributed by atoms with Crippen molar-refractivity contribution in [1.29, 1.82) is 0 Å². The standard InChI is InChI=1S/C11H11F2NOS/c1-2-5-14-11(15)7-16-10-4-3-8(12)6-9(10)13/h2-4,6H,1,5,7H2,(H,14,15). The zero-order valence-electron chi connectivity index (χ0n) is 8.50. The lowest BCUT2D eigenvalue weighted by Gasteiger charge is -2.03. The van der Waals surface area contributed by atoms with Crippen molar-refractivity contribution in [3.8, 4) is 0 Å². The first-order valence-corrected chi connectivity index (χ1v) is 5.57. The Bertz CT molecular complexity index is 396. The minimum atomic E-state index is -0.651. The van der Waals surface area contributed by atoms with Gasteiger partial charge in [-0.3, -0.25) is 4.79 Å². The zero-order valence-corrected chi connectivity index (χ0v) is 9.32. The van der Waals surface area contributed by atoms with Crippen LogP contribution in [0.1, 0.15) is 0 Å². The van der Waals surface area contributed by atoms with Gasteiger partial charge in [-0.15, -0.1) is 18.3 Å². The largest absolute Gasteiger partial charge is 0.352 e. The van der Waals surface area contributed by atoms with Gasteiger partial charge in [0.25, 0.3) is 0 Å². The van der Waals surface area contributed by atoms with E-state index in [1.165, 1.54) is 6.07 Å². The normalized spacial score (nSPS) is 9.88. The number of hydrogen-bond donors (Lipinski definition) is 1. The minimum absolute atomic E-state index is 0.0936. The highest BCUT2D eigenvalue weighted by molar-refractivity contribution is 8.00. The van der Waals surface area contributed by atoms with Gasteiger partial charge in [0.05, 0.1) is 5.75 Å². The summed E-state index contributed by atoms with van der Waals surface area (Å²) in [5.74, 6) is -1.40. The van der Waals surface area contributed by atoms with Gasteiger partial charge in [0, 0.05) is 17.5 Å². The Kier molecular flexibility index (Phi) is 4.98. The zero-order chi connectivity index (χ0) is 12.0. The van der Waals surface area contributed by atoms with E-state index in [1.54, 1.807) is 6.08 Å². The molecule has 0 radical (unpaired) electrons. The maximum absolute atomic E-state index is 13.1. The van der Waals surface area contributed by atoms with E-state index >= 15 is 0 Å². The number of hydrogen-bond acceptors (Lipinski definition) is 2. The average Bonchev–Trinajstić information content (AvgIpc) is 2.25. The lowest BCUT2D eigenvalue weighted by molar-refractivity contribution is -0.118. The first-order valence-electron chi connectivity index (χ1n) is 4.59. The summed E-state index contributed by atoms with van der Waals surface area (Å²) in [7, 11) is 0. The first-order chi connectivity index (χ1) is 7.63. The van der Waals surface area contributed by atoms with Gasteiger partial charge in [-0.1, -0.05) is 6.08 Å². The van der Waals surface area contributed by atoms with E-state index in [2.05, 4.69) is 11.9 Å². The molecule has 16 heavy (non-hydrogen) atoms. The molecule has 0 saturated heterocycles. The van der Waals surface area contributed by atoms with E-state index in [9.17, 15) is 13.6 Å². The molecule has 0 fully saturated rings. The van der Waals surface area contributed by atoms with Crippen LogP contribution in [-0.2, 0) is 4.79 Å². The van der Waals surface area contributed by atoms with E-state index in [0.29, 0.717) is 6.54 Å². The molecule has 0 unspecified atom stereocenters. The second-order valence-electron chi connectivity index (χ2n) is 2.96. The second kappa shape index (κ2) is 6.27. The van der Waals surface area contributed by atoms with Gasteiger partial charge in [0.2, 0.25) is 5.91 Å². The summed E-state index contributed by atoms with van der Waals surface area (Å²) in [6.07, 6.45) is 1.56. The number of carbonyl (C=O) groups is 1. The summed E-state index contributed by atoms with van der Waals surface area (Å²) < 4.78 is 25.7. The van der Waals surface area contributed by atoms with Crippen molar-refractivity contribution >= 4 is 17.7 Å². The van der Waals surface area contributed by atoms with Crippen molar-refractivity contribution < 1.29 is 13.6 Å². The number of amides is 1. The highest BCUT2D eigenvalue weighted by Crippen LogP contribution is 2.21. The third kappa shape index (κ3) is 4.02.